The Morgan fingerprint density at radius 2 is 0.401 bits per heavy atom. The predicted octanol–water partition coefficient (Wildman–Crippen LogP) is 35.2. The van der Waals surface area contributed by atoms with Gasteiger partial charge in [0.2, 0.25) is 0 Å². The zero-order chi connectivity index (χ0) is 89.9. The molecule has 0 saturated carbocycles. The van der Waals surface area contributed by atoms with E-state index >= 15 is 0 Å². The molecule has 0 radical (unpaired) electrons. The summed E-state index contributed by atoms with van der Waals surface area (Å²) in [5.41, 5.74) is 30.5. The van der Waals surface area contributed by atoms with Gasteiger partial charge in [-0.05, 0) is 246 Å². The Kier molecular flexibility index (Phi) is 17.6. The van der Waals surface area contributed by atoms with Gasteiger partial charge in [0.15, 0.2) is 0 Å². The van der Waals surface area contributed by atoms with Crippen LogP contribution in [-0.4, -0.2) is 27.4 Å². The molecule has 0 aliphatic carbocycles. The Morgan fingerprint density at radius 3 is 0.796 bits per heavy atom. The van der Waals surface area contributed by atoms with Gasteiger partial charge in [0.05, 0.1) is 66.2 Å². The highest BCUT2D eigenvalue weighted by Crippen LogP contribution is 2.48. The first-order valence-electron chi connectivity index (χ1n) is 47.1. The number of furan rings is 1. The summed E-state index contributed by atoms with van der Waals surface area (Å²) in [6.07, 6.45) is 0. The summed E-state index contributed by atoms with van der Waals surface area (Å²) in [6.45, 7) is 0. The molecular weight excluding hydrogens is 1660 g/mol. The van der Waals surface area contributed by atoms with Crippen LogP contribution >= 0.6 is 0 Å². The third-order valence-electron chi connectivity index (χ3n) is 28.7. The van der Waals surface area contributed by atoms with E-state index in [2.05, 4.69) is 513 Å². The van der Waals surface area contributed by atoms with Crippen LogP contribution in [0.1, 0.15) is 0 Å². The van der Waals surface area contributed by atoms with Gasteiger partial charge >= 0.3 is 0 Å². The Bertz CT molecular complexity index is 10100. The number of hydrogen-bond acceptors (Lipinski definition) is 1. The van der Waals surface area contributed by atoms with E-state index in [1.165, 1.54) is 219 Å². The molecule has 638 valence electrons. The molecule has 7 heterocycles. The molecule has 0 unspecified atom stereocenters. The molecule has 0 saturated heterocycles. The minimum atomic E-state index is 0.913. The zero-order valence-electron chi connectivity index (χ0n) is 74.4. The van der Waals surface area contributed by atoms with Crippen molar-refractivity contribution in [2.75, 3.05) is 0 Å². The highest BCUT2D eigenvalue weighted by Gasteiger charge is 2.26. The van der Waals surface area contributed by atoms with E-state index in [1.54, 1.807) is 0 Å². The maximum absolute atomic E-state index is 6.21. The molecule has 0 bridgehead atoms. The van der Waals surface area contributed by atoms with Crippen LogP contribution in [-0.2, 0) is 0 Å². The normalized spacial score (nSPS) is 11.9. The molecular formula is C130H82N6O. The number of hydrogen-bond donors (Lipinski definition) is 0. The Hall–Kier alpha value is -18.3. The van der Waals surface area contributed by atoms with Gasteiger partial charge in [0, 0.05) is 110 Å². The Balaban J connectivity index is 0.000000102. The summed E-state index contributed by atoms with van der Waals surface area (Å²) < 4.78 is 20.7. The summed E-state index contributed by atoms with van der Waals surface area (Å²) >= 11 is 0. The lowest BCUT2D eigenvalue weighted by Gasteiger charge is -2.11. The number of benzene rings is 23. The van der Waals surface area contributed by atoms with Gasteiger partial charge in [-0.2, -0.15) is 0 Å². The van der Waals surface area contributed by atoms with Crippen LogP contribution in [0.2, 0.25) is 0 Å². The van der Waals surface area contributed by atoms with Crippen molar-refractivity contribution in [3.05, 3.63) is 497 Å². The molecule has 23 aromatic carbocycles. The van der Waals surface area contributed by atoms with E-state index in [-0.39, 0.29) is 0 Å². The molecule has 0 aliphatic heterocycles. The van der Waals surface area contributed by atoms with Crippen LogP contribution in [0.15, 0.2) is 502 Å². The van der Waals surface area contributed by atoms with E-state index in [0.717, 1.165) is 44.7 Å². The molecule has 0 aliphatic rings. The smallest absolute Gasteiger partial charge is 0.136 e. The molecule has 0 atom stereocenters. The van der Waals surface area contributed by atoms with Gasteiger partial charge in [-0.3, -0.25) is 0 Å². The number of aromatic nitrogens is 6. The Morgan fingerprint density at radius 1 is 0.124 bits per heavy atom. The van der Waals surface area contributed by atoms with Crippen molar-refractivity contribution in [3.8, 4) is 67.5 Å². The molecule has 137 heavy (non-hydrogen) atoms. The van der Waals surface area contributed by atoms with Crippen molar-refractivity contribution < 1.29 is 4.42 Å². The second-order valence-corrected chi connectivity index (χ2v) is 36.2. The van der Waals surface area contributed by atoms with Crippen molar-refractivity contribution in [2.45, 2.75) is 0 Å². The van der Waals surface area contributed by atoms with Crippen LogP contribution in [0.4, 0.5) is 0 Å². The molecule has 0 N–H and O–H groups in total. The lowest BCUT2D eigenvalue weighted by atomic mass is 9.99. The van der Waals surface area contributed by atoms with Gasteiger partial charge in [-0.25, -0.2) is 0 Å². The molecule has 0 spiro atoms. The van der Waals surface area contributed by atoms with Crippen molar-refractivity contribution >= 4 is 196 Å². The predicted molar refractivity (Wildman–Crippen MR) is 579 cm³/mol. The van der Waals surface area contributed by atoms with Crippen LogP contribution in [0.3, 0.4) is 0 Å². The van der Waals surface area contributed by atoms with E-state index < -0.39 is 0 Å². The molecule has 30 rings (SSSR count). The average Bonchev–Trinajstić information content (AvgIpc) is 1.56. The second-order valence-electron chi connectivity index (χ2n) is 36.2. The van der Waals surface area contributed by atoms with E-state index in [4.69, 9.17) is 4.42 Å². The monoisotopic (exact) mass is 1740 g/mol. The molecule has 30 aromatic rings. The third kappa shape index (κ3) is 12.4. The Labute approximate surface area is 787 Å². The SMILES string of the molecule is c1ccc(-n2c3cc4c(cc3c3c5ccccc5ccc32)c2ccccc2n4-c2ccc(-c3ccc4ccccc4c3)cc2)cc1.c1ccc(-n2c3cc4c(cc3c3c5ccccc5ccc32)c2ccccc2n4-c2ccc(-c3cccc4oc5ccccc5c34)cc2)cc1.c1ccc(-n2c3ccccc3c3cc4c5ccccc5n(-c5ccc(-c6ccc7ccccc7c6)cc5)c4cc32)cc1. The summed E-state index contributed by atoms with van der Waals surface area (Å²) in [5, 5.41) is 27.7. The van der Waals surface area contributed by atoms with Crippen molar-refractivity contribution in [1.29, 1.82) is 0 Å². The van der Waals surface area contributed by atoms with E-state index in [1.807, 2.05) is 12.1 Å². The van der Waals surface area contributed by atoms with Crippen LogP contribution in [0.5, 0.6) is 0 Å². The lowest BCUT2D eigenvalue weighted by Crippen LogP contribution is -1.96. The first-order chi connectivity index (χ1) is 68.0. The van der Waals surface area contributed by atoms with Crippen molar-refractivity contribution in [1.82, 2.24) is 27.4 Å². The van der Waals surface area contributed by atoms with Gasteiger partial charge in [0.25, 0.3) is 0 Å². The molecule has 0 fully saturated rings. The first-order valence-corrected chi connectivity index (χ1v) is 47.1. The highest BCUT2D eigenvalue weighted by atomic mass is 16.3. The summed E-state index contributed by atoms with van der Waals surface area (Å²) in [7, 11) is 0. The van der Waals surface area contributed by atoms with E-state index in [0.29, 0.717) is 0 Å². The van der Waals surface area contributed by atoms with Crippen LogP contribution in [0.25, 0.3) is 263 Å². The zero-order valence-corrected chi connectivity index (χ0v) is 74.4. The maximum Gasteiger partial charge on any atom is 0.136 e. The number of rotatable bonds is 9. The van der Waals surface area contributed by atoms with Gasteiger partial charge in [-0.1, -0.05) is 328 Å². The minimum Gasteiger partial charge on any atom is -0.456 e. The standard InChI is InChI=1S/C46H28N2O.C44H28N2.C40H26N2/c1-2-12-31(13-3-1)48-40-26-23-29-11-4-5-14-33(29)45(40)38-27-37-35-15-6-8-18-39(35)47(41(37)28-42(38)48)32-24-21-30(22-25-32)34-17-10-20-44-46(34)36-16-7-9-19-43(36)49-44;1-2-13-34(14-3-1)46-41-25-22-31-11-6-7-15-36(31)44(41)39-27-38-37-16-8-9-17-40(37)45(42(38)28-43(39)46)35-23-20-30(21-24-35)33-19-18-29-10-4-5-12-32(29)26-33;1-2-12-31(13-3-1)41-37-16-8-6-14-33(37)35-25-36-34-15-7-9-17-38(34)42(40(36)26-39(35)41)32-22-20-28(21-23-32)30-19-18-27-10-4-5-11-29(27)24-30/h1-28H;1-28H;1-26H. The third-order valence-corrected chi connectivity index (χ3v) is 28.7. The van der Waals surface area contributed by atoms with E-state index in [9.17, 15) is 0 Å². The molecule has 7 nitrogen and oxygen atoms in total. The molecule has 7 aromatic heterocycles. The van der Waals surface area contributed by atoms with Gasteiger partial charge in [-0.15, -0.1) is 0 Å². The van der Waals surface area contributed by atoms with Gasteiger partial charge < -0.3 is 31.8 Å². The minimum absolute atomic E-state index is 0.913. The number of fused-ring (bicyclic) bond motifs is 27. The van der Waals surface area contributed by atoms with Crippen molar-refractivity contribution in [2.24, 2.45) is 0 Å². The van der Waals surface area contributed by atoms with Crippen LogP contribution < -0.4 is 0 Å². The molecule has 7 heteroatoms. The maximum atomic E-state index is 6.21. The highest BCUT2D eigenvalue weighted by molar-refractivity contribution is 6.28. The summed E-state index contributed by atoms with van der Waals surface area (Å²) in [4.78, 5) is 0. The van der Waals surface area contributed by atoms with Crippen LogP contribution in [0, 0.1) is 0 Å². The lowest BCUT2D eigenvalue weighted by molar-refractivity contribution is 0.669. The largest absolute Gasteiger partial charge is 0.456 e. The topological polar surface area (TPSA) is 42.7 Å². The first kappa shape index (κ1) is 77.5. The fourth-order valence-corrected chi connectivity index (χ4v) is 22.5. The second kappa shape index (κ2) is 31.2. The molecule has 0 amide bonds. The summed E-state index contributed by atoms with van der Waals surface area (Å²) in [5.74, 6) is 0. The quantitative estimate of drug-likeness (QED) is 0.142. The number of nitrogens with zero attached hydrogens (tertiary/aromatic N) is 6. The average molecular weight is 1740 g/mol. The fraction of sp³-hybridized carbons (Fsp3) is 0. The number of para-hydroxylation sites is 8. The van der Waals surface area contributed by atoms with Gasteiger partial charge in [0.1, 0.15) is 11.2 Å². The summed E-state index contributed by atoms with van der Waals surface area (Å²) in [6, 6.07) is 181. The van der Waals surface area contributed by atoms with Crippen molar-refractivity contribution in [3.63, 3.8) is 0 Å². The fourth-order valence-electron chi connectivity index (χ4n) is 22.5.